The lowest BCUT2D eigenvalue weighted by molar-refractivity contribution is 0.148. The van der Waals surface area contributed by atoms with Gasteiger partial charge in [0.05, 0.1) is 0 Å². The SMILES string of the molecule is Nc1snnc1CN1CCC(CN2CCCC2)CC1. The Bertz CT molecular complexity index is 393. The summed E-state index contributed by atoms with van der Waals surface area (Å²) in [5.74, 6) is 0.889. The quantitative estimate of drug-likeness (QED) is 0.904. The van der Waals surface area contributed by atoms with Crippen LogP contribution in [0, 0.1) is 5.92 Å². The minimum atomic E-state index is 0.777. The van der Waals surface area contributed by atoms with E-state index in [1.807, 2.05) is 0 Å². The smallest absolute Gasteiger partial charge is 0.132 e. The molecule has 6 heteroatoms. The second-order valence-electron chi connectivity index (χ2n) is 5.81. The number of hydrogen-bond acceptors (Lipinski definition) is 6. The van der Waals surface area contributed by atoms with Crippen molar-refractivity contribution in [1.29, 1.82) is 0 Å². The van der Waals surface area contributed by atoms with Crippen LogP contribution in [0.1, 0.15) is 31.4 Å². The lowest BCUT2D eigenvalue weighted by atomic mass is 9.96. The average molecular weight is 281 g/mol. The molecule has 2 fully saturated rings. The zero-order chi connectivity index (χ0) is 13.1. The van der Waals surface area contributed by atoms with Crippen LogP contribution in [0.5, 0.6) is 0 Å². The van der Waals surface area contributed by atoms with E-state index in [0.29, 0.717) is 0 Å². The minimum absolute atomic E-state index is 0.777. The van der Waals surface area contributed by atoms with E-state index in [4.69, 9.17) is 5.73 Å². The van der Waals surface area contributed by atoms with Gasteiger partial charge in [0.2, 0.25) is 0 Å². The topological polar surface area (TPSA) is 58.3 Å². The molecule has 2 aliphatic rings. The van der Waals surface area contributed by atoms with Crippen LogP contribution in [0.15, 0.2) is 0 Å². The lowest BCUT2D eigenvalue weighted by Gasteiger charge is -2.33. The van der Waals surface area contributed by atoms with E-state index in [1.54, 1.807) is 0 Å². The van der Waals surface area contributed by atoms with Gasteiger partial charge in [-0.15, -0.1) is 5.10 Å². The molecule has 19 heavy (non-hydrogen) atoms. The summed E-state index contributed by atoms with van der Waals surface area (Å²) >= 11 is 1.30. The number of nitrogens with two attached hydrogens (primary N) is 1. The van der Waals surface area contributed by atoms with E-state index < -0.39 is 0 Å². The van der Waals surface area contributed by atoms with Gasteiger partial charge < -0.3 is 10.6 Å². The van der Waals surface area contributed by atoms with Crippen LogP contribution in [0.3, 0.4) is 0 Å². The van der Waals surface area contributed by atoms with E-state index in [-0.39, 0.29) is 0 Å². The molecular formula is C13H23N5S. The van der Waals surface area contributed by atoms with E-state index in [2.05, 4.69) is 19.4 Å². The number of rotatable bonds is 4. The highest BCUT2D eigenvalue weighted by atomic mass is 32.1. The molecule has 0 unspecified atom stereocenters. The van der Waals surface area contributed by atoms with Crippen LogP contribution in [-0.4, -0.2) is 52.1 Å². The molecule has 1 aromatic rings. The maximum Gasteiger partial charge on any atom is 0.132 e. The molecule has 5 nitrogen and oxygen atoms in total. The number of likely N-dealkylation sites (tertiary alicyclic amines) is 2. The largest absolute Gasteiger partial charge is 0.388 e. The van der Waals surface area contributed by atoms with Crippen LogP contribution in [0.4, 0.5) is 5.00 Å². The lowest BCUT2D eigenvalue weighted by Crippen LogP contribution is -2.37. The fraction of sp³-hybridized carbons (Fsp3) is 0.846. The first kappa shape index (κ1) is 13.3. The van der Waals surface area contributed by atoms with E-state index in [1.165, 1.54) is 69.9 Å². The van der Waals surface area contributed by atoms with Gasteiger partial charge in [-0.3, -0.25) is 4.90 Å². The van der Waals surface area contributed by atoms with Crippen LogP contribution in [0.25, 0.3) is 0 Å². The van der Waals surface area contributed by atoms with Crippen molar-refractivity contribution in [3.63, 3.8) is 0 Å². The van der Waals surface area contributed by atoms with E-state index in [9.17, 15) is 0 Å². The van der Waals surface area contributed by atoms with Crippen molar-refractivity contribution < 1.29 is 0 Å². The molecule has 0 saturated carbocycles. The molecule has 0 atom stereocenters. The maximum absolute atomic E-state index is 5.85. The van der Waals surface area contributed by atoms with Gasteiger partial charge in [-0.2, -0.15) is 0 Å². The van der Waals surface area contributed by atoms with E-state index >= 15 is 0 Å². The van der Waals surface area contributed by atoms with Gasteiger partial charge in [-0.1, -0.05) is 4.49 Å². The monoisotopic (exact) mass is 281 g/mol. The highest BCUT2D eigenvalue weighted by Crippen LogP contribution is 2.23. The van der Waals surface area contributed by atoms with Crippen LogP contribution in [-0.2, 0) is 6.54 Å². The number of piperidine rings is 1. The first-order chi connectivity index (χ1) is 9.31. The molecule has 3 rings (SSSR count). The van der Waals surface area contributed by atoms with Gasteiger partial charge in [0.1, 0.15) is 10.7 Å². The first-order valence-corrected chi connectivity index (χ1v) is 8.10. The Kier molecular flexibility index (Phi) is 4.30. The number of nitrogens with zero attached hydrogens (tertiary/aromatic N) is 4. The predicted octanol–water partition coefficient (Wildman–Crippen LogP) is 1.43. The molecule has 2 N–H and O–H groups in total. The maximum atomic E-state index is 5.85. The summed E-state index contributed by atoms with van der Waals surface area (Å²) in [6.07, 6.45) is 5.42. The minimum Gasteiger partial charge on any atom is -0.388 e. The Hall–Kier alpha value is -0.720. The predicted molar refractivity (Wildman–Crippen MR) is 78.0 cm³/mol. The molecule has 0 bridgehead atoms. The van der Waals surface area contributed by atoms with Crippen molar-refractivity contribution in [2.75, 3.05) is 38.5 Å². The van der Waals surface area contributed by atoms with Gasteiger partial charge in [-0.05, 0) is 57.8 Å². The third kappa shape index (κ3) is 3.43. The molecule has 0 amide bonds. The molecule has 0 radical (unpaired) electrons. The Morgan fingerprint density at radius 1 is 1.11 bits per heavy atom. The Labute approximate surface area is 118 Å². The van der Waals surface area contributed by atoms with Gasteiger partial charge in [-0.25, -0.2) is 0 Å². The molecule has 1 aromatic heterocycles. The van der Waals surface area contributed by atoms with Crippen molar-refractivity contribution in [3.05, 3.63) is 5.69 Å². The summed E-state index contributed by atoms with van der Waals surface area (Å²) in [5.41, 5.74) is 6.82. The zero-order valence-corrected chi connectivity index (χ0v) is 12.2. The number of hydrogen-bond donors (Lipinski definition) is 1. The van der Waals surface area contributed by atoms with Crippen LogP contribution in [0.2, 0.25) is 0 Å². The zero-order valence-electron chi connectivity index (χ0n) is 11.4. The van der Waals surface area contributed by atoms with Crippen LogP contribution >= 0.6 is 11.5 Å². The van der Waals surface area contributed by atoms with Gasteiger partial charge in [0.15, 0.2) is 0 Å². The highest BCUT2D eigenvalue weighted by molar-refractivity contribution is 7.09. The van der Waals surface area contributed by atoms with Crippen molar-refractivity contribution in [2.24, 2.45) is 5.92 Å². The van der Waals surface area contributed by atoms with Crippen molar-refractivity contribution in [2.45, 2.75) is 32.2 Å². The summed E-state index contributed by atoms with van der Waals surface area (Å²) in [4.78, 5) is 5.11. The first-order valence-electron chi connectivity index (χ1n) is 7.32. The Morgan fingerprint density at radius 2 is 1.84 bits per heavy atom. The fourth-order valence-corrected chi connectivity index (χ4v) is 3.63. The molecular weight excluding hydrogens is 258 g/mol. The molecule has 2 saturated heterocycles. The summed E-state index contributed by atoms with van der Waals surface area (Å²) in [5, 5.41) is 4.88. The normalized spacial score (nSPS) is 23.2. The summed E-state index contributed by atoms with van der Waals surface area (Å²) in [6, 6.07) is 0. The average Bonchev–Trinajstić information content (AvgIpc) is 3.05. The summed E-state index contributed by atoms with van der Waals surface area (Å²) in [6.45, 7) is 7.18. The standard InChI is InChI=1S/C13H23N5S/c14-13-12(15-16-19-13)10-18-7-3-11(4-8-18)9-17-5-1-2-6-17/h11H,1-10,14H2. The molecule has 0 aromatic carbocycles. The molecule has 106 valence electrons. The van der Waals surface area contributed by atoms with Gasteiger partial charge >= 0.3 is 0 Å². The third-order valence-corrected chi connectivity index (χ3v) is 4.98. The fourth-order valence-electron chi connectivity index (χ4n) is 3.19. The van der Waals surface area contributed by atoms with Gasteiger partial charge in [0, 0.05) is 24.6 Å². The van der Waals surface area contributed by atoms with Crippen molar-refractivity contribution in [3.8, 4) is 0 Å². The van der Waals surface area contributed by atoms with E-state index in [0.717, 1.165) is 23.2 Å². The van der Waals surface area contributed by atoms with Crippen molar-refractivity contribution >= 4 is 16.5 Å². The molecule has 0 spiro atoms. The Balaban J connectivity index is 1.43. The molecule has 2 aliphatic heterocycles. The number of anilines is 1. The summed E-state index contributed by atoms with van der Waals surface area (Å²) in [7, 11) is 0. The van der Waals surface area contributed by atoms with Gasteiger partial charge in [0.25, 0.3) is 0 Å². The second kappa shape index (κ2) is 6.15. The molecule has 0 aliphatic carbocycles. The third-order valence-electron chi connectivity index (χ3n) is 4.38. The van der Waals surface area contributed by atoms with Crippen molar-refractivity contribution in [1.82, 2.24) is 19.4 Å². The summed E-state index contributed by atoms with van der Waals surface area (Å²) < 4.78 is 3.90. The Morgan fingerprint density at radius 3 is 2.47 bits per heavy atom. The van der Waals surface area contributed by atoms with Crippen LogP contribution < -0.4 is 5.73 Å². The number of aromatic nitrogens is 2. The number of nitrogen functional groups attached to an aromatic ring is 1. The molecule has 3 heterocycles. The highest BCUT2D eigenvalue weighted by Gasteiger charge is 2.23. The second-order valence-corrected chi connectivity index (χ2v) is 6.60.